The Balaban J connectivity index is 2.35. The number of pyridine rings is 1. The van der Waals surface area contributed by atoms with Gasteiger partial charge in [0.1, 0.15) is 0 Å². The number of ether oxygens (including phenoxy) is 1. The van der Waals surface area contributed by atoms with Crippen LogP contribution in [0.1, 0.15) is 16.1 Å². The van der Waals surface area contributed by atoms with Crippen LogP contribution in [0.25, 0.3) is 16.6 Å². The zero-order chi connectivity index (χ0) is 15.0. The molecule has 0 aliphatic rings. The van der Waals surface area contributed by atoms with Crippen molar-refractivity contribution in [2.45, 2.75) is 6.92 Å². The van der Waals surface area contributed by atoms with E-state index in [1.165, 1.54) is 11.5 Å². The average molecular weight is 282 g/mol. The maximum atomic E-state index is 12.0. The molecule has 0 fully saturated rings. The van der Waals surface area contributed by atoms with E-state index in [9.17, 15) is 9.59 Å². The Labute approximate surface area is 120 Å². The van der Waals surface area contributed by atoms with Crippen molar-refractivity contribution in [3.8, 4) is 11.1 Å². The van der Waals surface area contributed by atoms with Gasteiger partial charge in [0.05, 0.1) is 12.6 Å². The van der Waals surface area contributed by atoms with E-state index >= 15 is 0 Å². The molecule has 1 N–H and O–H groups in total. The third-order valence-corrected chi connectivity index (χ3v) is 3.43. The van der Waals surface area contributed by atoms with Gasteiger partial charge in [0.15, 0.2) is 5.69 Å². The summed E-state index contributed by atoms with van der Waals surface area (Å²) in [5, 5.41) is 0. The van der Waals surface area contributed by atoms with Crippen molar-refractivity contribution < 1.29 is 9.53 Å². The fourth-order valence-corrected chi connectivity index (χ4v) is 2.38. The molecule has 0 bridgehead atoms. The van der Waals surface area contributed by atoms with Crippen LogP contribution in [0.3, 0.4) is 0 Å². The Morgan fingerprint density at radius 1 is 1.19 bits per heavy atom. The second kappa shape index (κ2) is 4.94. The number of aryl methyl sites for hydroxylation is 1. The first kappa shape index (κ1) is 13.2. The number of hydrogen-bond acceptors (Lipinski definition) is 3. The summed E-state index contributed by atoms with van der Waals surface area (Å²) in [6.45, 7) is 2.00. The predicted molar refractivity (Wildman–Crippen MR) is 79.5 cm³/mol. The number of hydrogen-bond donors (Lipinski definition) is 1. The fourth-order valence-electron chi connectivity index (χ4n) is 2.38. The molecule has 0 spiro atoms. The van der Waals surface area contributed by atoms with Gasteiger partial charge < -0.3 is 4.74 Å². The summed E-state index contributed by atoms with van der Waals surface area (Å²) >= 11 is 0. The summed E-state index contributed by atoms with van der Waals surface area (Å²) in [6.07, 6.45) is 1.62. The molecule has 2 aromatic heterocycles. The molecule has 106 valence electrons. The van der Waals surface area contributed by atoms with Crippen molar-refractivity contribution in [1.82, 2.24) is 9.38 Å². The highest BCUT2D eigenvalue weighted by molar-refractivity contribution is 6.00. The van der Waals surface area contributed by atoms with Crippen LogP contribution >= 0.6 is 0 Å². The van der Waals surface area contributed by atoms with Gasteiger partial charge in [-0.1, -0.05) is 35.9 Å². The van der Waals surface area contributed by atoms with Gasteiger partial charge in [-0.3, -0.25) is 9.38 Å². The van der Waals surface area contributed by atoms with Crippen molar-refractivity contribution in [3.63, 3.8) is 0 Å². The first-order valence-corrected chi connectivity index (χ1v) is 6.50. The second-order valence-electron chi connectivity index (χ2n) is 4.80. The number of aromatic nitrogens is 2. The van der Waals surface area contributed by atoms with E-state index in [1.54, 1.807) is 12.3 Å². The van der Waals surface area contributed by atoms with Gasteiger partial charge in [-0.2, -0.15) is 0 Å². The van der Waals surface area contributed by atoms with Crippen molar-refractivity contribution in [2.75, 3.05) is 7.11 Å². The monoisotopic (exact) mass is 282 g/mol. The molecule has 2 heterocycles. The molecule has 1 aromatic carbocycles. The standard InChI is InChI=1S/C16H14N2O3/c1-10-5-7-11(8-6-10)12-4-3-9-18-14(12)13(15(19)21-2)17-16(18)20/h3-9H,1-2H3,(H,17,20). The number of H-pyrrole nitrogens is 1. The molecule has 0 saturated carbocycles. The Kier molecular flexibility index (Phi) is 3.10. The lowest BCUT2D eigenvalue weighted by Gasteiger charge is -2.06. The number of fused-ring (bicyclic) bond motifs is 1. The molecular weight excluding hydrogens is 268 g/mol. The zero-order valence-corrected chi connectivity index (χ0v) is 11.7. The van der Waals surface area contributed by atoms with Gasteiger partial charge in [-0.05, 0) is 18.6 Å². The largest absolute Gasteiger partial charge is 0.464 e. The van der Waals surface area contributed by atoms with Crippen LogP contribution in [-0.4, -0.2) is 22.5 Å². The van der Waals surface area contributed by atoms with Crippen LogP contribution < -0.4 is 5.69 Å². The van der Waals surface area contributed by atoms with Crippen LogP contribution in [0.2, 0.25) is 0 Å². The van der Waals surface area contributed by atoms with E-state index in [2.05, 4.69) is 4.98 Å². The number of aromatic amines is 1. The van der Waals surface area contributed by atoms with Crippen LogP contribution in [0.5, 0.6) is 0 Å². The van der Waals surface area contributed by atoms with Gasteiger partial charge >= 0.3 is 11.7 Å². The molecule has 0 atom stereocenters. The highest BCUT2D eigenvalue weighted by Crippen LogP contribution is 2.26. The number of nitrogens with zero attached hydrogens (tertiary/aromatic N) is 1. The predicted octanol–water partition coefficient (Wildman–Crippen LogP) is 2.39. The van der Waals surface area contributed by atoms with Crippen LogP contribution in [0.4, 0.5) is 0 Å². The minimum Gasteiger partial charge on any atom is -0.464 e. The molecule has 0 amide bonds. The normalized spacial score (nSPS) is 10.8. The van der Waals surface area contributed by atoms with Gasteiger partial charge in [0.25, 0.3) is 0 Å². The Morgan fingerprint density at radius 3 is 2.57 bits per heavy atom. The smallest absolute Gasteiger partial charge is 0.356 e. The zero-order valence-electron chi connectivity index (χ0n) is 11.7. The molecule has 5 nitrogen and oxygen atoms in total. The highest BCUT2D eigenvalue weighted by atomic mass is 16.5. The molecule has 3 aromatic rings. The summed E-state index contributed by atoms with van der Waals surface area (Å²) in [5.41, 5.74) is 3.21. The number of esters is 1. The molecule has 0 unspecified atom stereocenters. The number of benzene rings is 1. The molecular formula is C16H14N2O3. The number of nitrogens with one attached hydrogen (secondary N) is 1. The van der Waals surface area contributed by atoms with E-state index in [4.69, 9.17) is 4.74 Å². The Bertz CT molecular complexity index is 873. The van der Waals surface area contributed by atoms with E-state index in [0.717, 1.165) is 16.7 Å². The number of carbonyl (C=O) groups is 1. The first-order valence-electron chi connectivity index (χ1n) is 6.50. The van der Waals surface area contributed by atoms with Crippen molar-refractivity contribution in [1.29, 1.82) is 0 Å². The summed E-state index contributed by atoms with van der Waals surface area (Å²) in [5.74, 6) is -0.561. The lowest BCUT2D eigenvalue weighted by atomic mass is 10.0. The SMILES string of the molecule is COC(=O)c1[nH]c(=O)n2cccc(-c3ccc(C)cc3)c12. The van der Waals surface area contributed by atoms with E-state index in [0.29, 0.717) is 5.52 Å². The van der Waals surface area contributed by atoms with Crippen LogP contribution in [0, 0.1) is 6.92 Å². The molecule has 3 rings (SSSR count). The van der Waals surface area contributed by atoms with Crippen molar-refractivity contribution >= 4 is 11.5 Å². The van der Waals surface area contributed by atoms with Gasteiger partial charge in [-0.25, -0.2) is 9.59 Å². The van der Waals surface area contributed by atoms with Crippen LogP contribution in [0.15, 0.2) is 47.4 Å². The van der Waals surface area contributed by atoms with Gasteiger partial charge in [0, 0.05) is 11.8 Å². The second-order valence-corrected chi connectivity index (χ2v) is 4.80. The topological polar surface area (TPSA) is 63.6 Å². The molecule has 0 saturated heterocycles. The van der Waals surface area contributed by atoms with Gasteiger partial charge in [-0.15, -0.1) is 0 Å². The quantitative estimate of drug-likeness (QED) is 0.734. The summed E-state index contributed by atoms with van der Waals surface area (Å²) < 4.78 is 6.16. The lowest BCUT2D eigenvalue weighted by Crippen LogP contribution is -2.09. The minimum atomic E-state index is -0.561. The average Bonchev–Trinajstić information content (AvgIpc) is 2.85. The third kappa shape index (κ3) is 2.12. The van der Waals surface area contributed by atoms with Crippen LogP contribution in [-0.2, 0) is 4.74 Å². The number of imidazole rings is 1. The lowest BCUT2D eigenvalue weighted by molar-refractivity contribution is 0.0597. The molecule has 5 heteroatoms. The molecule has 0 aliphatic heterocycles. The maximum Gasteiger partial charge on any atom is 0.356 e. The molecule has 21 heavy (non-hydrogen) atoms. The third-order valence-electron chi connectivity index (χ3n) is 3.43. The van der Waals surface area contributed by atoms with E-state index in [1.807, 2.05) is 37.3 Å². The Morgan fingerprint density at radius 2 is 1.90 bits per heavy atom. The highest BCUT2D eigenvalue weighted by Gasteiger charge is 2.18. The summed E-state index contributed by atoms with van der Waals surface area (Å²) in [7, 11) is 1.29. The maximum absolute atomic E-state index is 12.0. The summed E-state index contributed by atoms with van der Waals surface area (Å²) in [6, 6.07) is 11.5. The number of rotatable bonds is 2. The number of carbonyl (C=O) groups excluding carboxylic acids is 1. The van der Waals surface area contributed by atoms with Crippen molar-refractivity contribution in [2.24, 2.45) is 0 Å². The fraction of sp³-hybridized carbons (Fsp3) is 0.125. The molecule has 0 aliphatic carbocycles. The summed E-state index contributed by atoms with van der Waals surface area (Å²) in [4.78, 5) is 26.4. The van der Waals surface area contributed by atoms with Gasteiger partial charge in [0.2, 0.25) is 0 Å². The Hall–Kier alpha value is -2.82. The minimum absolute atomic E-state index is 0.165. The first-order chi connectivity index (χ1) is 10.1. The van der Waals surface area contributed by atoms with E-state index < -0.39 is 5.97 Å². The van der Waals surface area contributed by atoms with E-state index in [-0.39, 0.29) is 11.4 Å². The number of methoxy groups -OCH3 is 1. The van der Waals surface area contributed by atoms with Crippen molar-refractivity contribution in [3.05, 3.63) is 64.3 Å². The molecule has 0 radical (unpaired) electrons.